The minimum atomic E-state index is -0.364. The number of carbonyl (C=O) groups excluding carboxylic acids is 1. The van der Waals surface area contributed by atoms with E-state index in [0.717, 1.165) is 9.75 Å². The normalized spacial score (nSPS) is 10.7. The molecule has 0 saturated heterocycles. The number of amides is 1. The van der Waals surface area contributed by atoms with Crippen LogP contribution in [-0.2, 0) is 13.1 Å². The first-order chi connectivity index (χ1) is 11.1. The molecule has 0 fully saturated rings. The third-order valence-corrected chi connectivity index (χ3v) is 5.68. The summed E-state index contributed by atoms with van der Waals surface area (Å²) in [6.07, 6.45) is 0. The molecule has 23 heavy (non-hydrogen) atoms. The number of carbonyl (C=O) groups is 1. The van der Waals surface area contributed by atoms with E-state index in [4.69, 9.17) is 0 Å². The second-order valence-corrected chi connectivity index (χ2v) is 7.86. The lowest BCUT2D eigenvalue weighted by atomic mass is 10.2. The van der Waals surface area contributed by atoms with Crippen molar-refractivity contribution in [3.05, 3.63) is 78.8 Å². The van der Waals surface area contributed by atoms with Crippen molar-refractivity contribution in [3.63, 3.8) is 0 Å². The molecule has 118 valence electrons. The SMILES string of the molecule is O=C(c1ccc(F)cc1Br)N(Cc1cccs1)Cc1cccs1. The van der Waals surface area contributed by atoms with E-state index < -0.39 is 0 Å². The van der Waals surface area contributed by atoms with Crippen LogP contribution in [0.25, 0.3) is 0 Å². The van der Waals surface area contributed by atoms with Crippen LogP contribution < -0.4 is 0 Å². The molecule has 0 atom stereocenters. The Hall–Kier alpha value is -1.50. The fraction of sp³-hybridized carbons (Fsp3) is 0.118. The zero-order chi connectivity index (χ0) is 16.2. The third-order valence-electron chi connectivity index (χ3n) is 3.30. The summed E-state index contributed by atoms with van der Waals surface area (Å²) < 4.78 is 13.7. The molecule has 0 aliphatic rings. The Morgan fingerprint density at radius 2 is 1.65 bits per heavy atom. The maximum Gasteiger partial charge on any atom is 0.255 e. The molecule has 1 amide bonds. The van der Waals surface area contributed by atoms with Crippen LogP contribution in [0, 0.1) is 5.82 Å². The van der Waals surface area contributed by atoms with Crippen molar-refractivity contribution >= 4 is 44.5 Å². The molecule has 0 saturated carbocycles. The lowest BCUT2D eigenvalue weighted by Crippen LogP contribution is -2.29. The summed E-state index contributed by atoms with van der Waals surface area (Å²) in [6, 6.07) is 12.1. The highest BCUT2D eigenvalue weighted by Crippen LogP contribution is 2.24. The zero-order valence-electron chi connectivity index (χ0n) is 12.0. The number of hydrogen-bond donors (Lipinski definition) is 0. The molecule has 6 heteroatoms. The van der Waals surface area contributed by atoms with Crippen molar-refractivity contribution in [1.29, 1.82) is 0 Å². The van der Waals surface area contributed by atoms with Crippen molar-refractivity contribution in [2.24, 2.45) is 0 Å². The molecular weight excluding hydrogens is 397 g/mol. The molecule has 3 aromatic rings. The maximum atomic E-state index is 13.3. The van der Waals surface area contributed by atoms with E-state index in [1.54, 1.807) is 27.6 Å². The largest absolute Gasteiger partial charge is 0.328 e. The molecule has 2 heterocycles. The monoisotopic (exact) mass is 409 g/mol. The van der Waals surface area contributed by atoms with Gasteiger partial charge in [0, 0.05) is 14.2 Å². The molecule has 0 N–H and O–H groups in total. The van der Waals surface area contributed by atoms with E-state index in [2.05, 4.69) is 15.9 Å². The predicted octanol–water partition coefficient (Wildman–Crippen LogP) is 5.55. The summed E-state index contributed by atoms with van der Waals surface area (Å²) in [5, 5.41) is 3.99. The summed E-state index contributed by atoms with van der Waals surface area (Å²) in [5.41, 5.74) is 0.472. The Balaban J connectivity index is 1.88. The van der Waals surface area contributed by atoms with Crippen molar-refractivity contribution < 1.29 is 9.18 Å². The molecule has 0 unspecified atom stereocenters. The van der Waals surface area contributed by atoms with E-state index in [-0.39, 0.29) is 11.7 Å². The van der Waals surface area contributed by atoms with Crippen LogP contribution in [0.4, 0.5) is 4.39 Å². The average molecular weight is 410 g/mol. The van der Waals surface area contributed by atoms with Gasteiger partial charge in [0.2, 0.25) is 0 Å². The van der Waals surface area contributed by atoms with Crippen LogP contribution in [0.3, 0.4) is 0 Å². The number of halogens is 2. The number of thiophene rings is 2. The highest BCUT2D eigenvalue weighted by Gasteiger charge is 2.20. The number of hydrogen-bond acceptors (Lipinski definition) is 3. The summed E-state index contributed by atoms with van der Waals surface area (Å²) >= 11 is 6.53. The van der Waals surface area contributed by atoms with E-state index in [1.807, 2.05) is 35.0 Å². The Kier molecular flexibility index (Phi) is 5.25. The van der Waals surface area contributed by atoms with Crippen LogP contribution in [0.1, 0.15) is 20.1 Å². The zero-order valence-corrected chi connectivity index (χ0v) is 15.3. The molecule has 0 radical (unpaired) electrons. The second-order valence-electron chi connectivity index (χ2n) is 4.94. The first-order valence-electron chi connectivity index (χ1n) is 6.92. The quantitative estimate of drug-likeness (QED) is 0.540. The fourth-order valence-corrected chi connectivity index (χ4v) is 4.17. The van der Waals surface area contributed by atoms with Gasteiger partial charge < -0.3 is 4.90 Å². The molecule has 2 nitrogen and oxygen atoms in total. The minimum Gasteiger partial charge on any atom is -0.328 e. The number of nitrogens with zero attached hydrogens (tertiary/aromatic N) is 1. The van der Waals surface area contributed by atoms with Gasteiger partial charge in [-0.2, -0.15) is 0 Å². The van der Waals surface area contributed by atoms with Gasteiger partial charge in [-0.1, -0.05) is 12.1 Å². The highest BCUT2D eigenvalue weighted by molar-refractivity contribution is 9.10. The maximum absolute atomic E-state index is 13.3. The van der Waals surface area contributed by atoms with Gasteiger partial charge in [-0.3, -0.25) is 4.79 Å². The van der Waals surface area contributed by atoms with E-state index in [9.17, 15) is 9.18 Å². The van der Waals surface area contributed by atoms with Gasteiger partial charge in [0.1, 0.15) is 5.82 Å². The molecule has 2 aromatic heterocycles. The van der Waals surface area contributed by atoms with Gasteiger partial charge in [-0.05, 0) is 57.0 Å². The van der Waals surface area contributed by atoms with Crippen LogP contribution in [-0.4, -0.2) is 10.8 Å². The first-order valence-corrected chi connectivity index (χ1v) is 9.48. The number of rotatable bonds is 5. The summed E-state index contributed by atoms with van der Waals surface area (Å²) in [6.45, 7) is 1.08. The van der Waals surface area contributed by atoms with E-state index in [1.165, 1.54) is 18.2 Å². The fourth-order valence-electron chi connectivity index (χ4n) is 2.21. The van der Waals surface area contributed by atoms with Crippen LogP contribution in [0.5, 0.6) is 0 Å². The second kappa shape index (κ2) is 7.38. The average Bonchev–Trinajstić information content (AvgIpc) is 3.19. The summed E-state index contributed by atoms with van der Waals surface area (Å²) in [4.78, 5) is 16.9. The molecule has 1 aromatic carbocycles. The molecule has 0 bridgehead atoms. The Bertz CT molecular complexity index is 751. The van der Waals surface area contributed by atoms with Crippen molar-refractivity contribution in [3.8, 4) is 0 Å². The van der Waals surface area contributed by atoms with Crippen LogP contribution >= 0.6 is 38.6 Å². The summed E-state index contributed by atoms with van der Waals surface area (Å²) in [7, 11) is 0. The Labute approximate surface area is 150 Å². The Morgan fingerprint density at radius 3 is 2.13 bits per heavy atom. The van der Waals surface area contributed by atoms with Crippen LogP contribution in [0.2, 0.25) is 0 Å². The van der Waals surface area contributed by atoms with E-state index in [0.29, 0.717) is 23.1 Å². The van der Waals surface area contributed by atoms with Gasteiger partial charge in [0.25, 0.3) is 5.91 Å². The lowest BCUT2D eigenvalue weighted by molar-refractivity contribution is 0.0732. The first kappa shape index (κ1) is 16.4. The lowest BCUT2D eigenvalue weighted by Gasteiger charge is -2.22. The van der Waals surface area contributed by atoms with Gasteiger partial charge in [0.05, 0.1) is 18.7 Å². The third kappa shape index (κ3) is 4.07. The van der Waals surface area contributed by atoms with Gasteiger partial charge >= 0.3 is 0 Å². The Morgan fingerprint density at radius 1 is 1.04 bits per heavy atom. The molecular formula is C17H13BrFNOS2. The molecule has 0 aliphatic carbocycles. The molecule has 0 spiro atoms. The van der Waals surface area contributed by atoms with Crippen molar-refractivity contribution in [1.82, 2.24) is 4.90 Å². The minimum absolute atomic E-state index is 0.112. The molecule has 0 aliphatic heterocycles. The molecule has 3 rings (SSSR count). The topological polar surface area (TPSA) is 20.3 Å². The van der Waals surface area contributed by atoms with Crippen LogP contribution in [0.15, 0.2) is 57.7 Å². The van der Waals surface area contributed by atoms with E-state index >= 15 is 0 Å². The van der Waals surface area contributed by atoms with Gasteiger partial charge in [-0.25, -0.2) is 4.39 Å². The smallest absolute Gasteiger partial charge is 0.255 e. The van der Waals surface area contributed by atoms with Gasteiger partial charge in [-0.15, -0.1) is 22.7 Å². The van der Waals surface area contributed by atoms with Gasteiger partial charge in [0.15, 0.2) is 0 Å². The number of benzene rings is 1. The predicted molar refractivity (Wildman–Crippen MR) is 96.3 cm³/mol. The van der Waals surface area contributed by atoms with Crippen molar-refractivity contribution in [2.75, 3.05) is 0 Å². The summed E-state index contributed by atoms with van der Waals surface area (Å²) in [5.74, 6) is -0.477. The van der Waals surface area contributed by atoms with Crippen molar-refractivity contribution in [2.45, 2.75) is 13.1 Å². The standard InChI is InChI=1S/C17H13BrFNOS2/c18-16-9-12(19)5-6-15(16)17(21)20(10-13-3-1-7-22-13)11-14-4-2-8-23-14/h1-9H,10-11H2. The highest BCUT2D eigenvalue weighted by atomic mass is 79.9.